The molecule has 0 bridgehead atoms. The molecule has 0 saturated carbocycles. The van der Waals surface area contributed by atoms with E-state index in [1.807, 2.05) is 24.3 Å². The van der Waals surface area contributed by atoms with Crippen molar-refractivity contribution in [3.05, 3.63) is 24.3 Å². The Morgan fingerprint density at radius 1 is 1.10 bits per heavy atom. The van der Waals surface area contributed by atoms with E-state index in [-0.39, 0.29) is 0 Å². The van der Waals surface area contributed by atoms with E-state index < -0.39 is 0 Å². The SMILES string of the molecule is COc1ccc(OCCN(C)CCNCC(C)C)cc1. The molecular weight excluding hydrogens is 252 g/mol. The first-order valence-corrected chi connectivity index (χ1v) is 7.28. The van der Waals surface area contributed by atoms with Crippen LogP contribution in [0.15, 0.2) is 24.3 Å². The second kappa shape index (κ2) is 9.61. The highest BCUT2D eigenvalue weighted by Gasteiger charge is 2.00. The Morgan fingerprint density at radius 3 is 2.35 bits per heavy atom. The Morgan fingerprint density at radius 2 is 1.75 bits per heavy atom. The van der Waals surface area contributed by atoms with Crippen LogP contribution in [0.4, 0.5) is 0 Å². The first-order valence-electron chi connectivity index (χ1n) is 7.28. The highest BCUT2D eigenvalue weighted by molar-refractivity contribution is 5.31. The van der Waals surface area contributed by atoms with Crippen LogP contribution < -0.4 is 14.8 Å². The van der Waals surface area contributed by atoms with Crippen molar-refractivity contribution < 1.29 is 9.47 Å². The van der Waals surface area contributed by atoms with Gasteiger partial charge in [0.15, 0.2) is 0 Å². The van der Waals surface area contributed by atoms with Gasteiger partial charge in [-0.15, -0.1) is 0 Å². The Kier molecular flexibility index (Phi) is 8.07. The Balaban J connectivity index is 2.10. The van der Waals surface area contributed by atoms with Gasteiger partial charge in [0.25, 0.3) is 0 Å². The second-order valence-electron chi connectivity index (χ2n) is 5.43. The van der Waals surface area contributed by atoms with Gasteiger partial charge in [0.2, 0.25) is 0 Å². The largest absolute Gasteiger partial charge is 0.497 e. The van der Waals surface area contributed by atoms with Crippen molar-refractivity contribution in [2.24, 2.45) is 5.92 Å². The fraction of sp³-hybridized carbons (Fsp3) is 0.625. The van der Waals surface area contributed by atoms with E-state index in [4.69, 9.17) is 9.47 Å². The maximum absolute atomic E-state index is 5.70. The minimum absolute atomic E-state index is 0.701. The molecular formula is C16H28N2O2. The van der Waals surface area contributed by atoms with Crippen LogP contribution in [0, 0.1) is 5.92 Å². The molecule has 0 aliphatic rings. The molecule has 0 saturated heterocycles. The summed E-state index contributed by atoms with van der Waals surface area (Å²) >= 11 is 0. The van der Waals surface area contributed by atoms with Gasteiger partial charge < -0.3 is 19.7 Å². The van der Waals surface area contributed by atoms with Crippen LogP contribution >= 0.6 is 0 Å². The zero-order valence-corrected chi connectivity index (χ0v) is 13.2. The van der Waals surface area contributed by atoms with Gasteiger partial charge in [-0.1, -0.05) is 13.8 Å². The van der Waals surface area contributed by atoms with Crippen LogP contribution in [0.2, 0.25) is 0 Å². The third-order valence-electron chi connectivity index (χ3n) is 3.02. The second-order valence-corrected chi connectivity index (χ2v) is 5.43. The summed E-state index contributed by atoms with van der Waals surface area (Å²) in [5, 5.41) is 3.44. The number of rotatable bonds is 10. The molecule has 0 heterocycles. The maximum atomic E-state index is 5.70. The molecule has 114 valence electrons. The van der Waals surface area contributed by atoms with E-state index >= 15 is 0 Å². The van der Waals surface area contributed by atoms with Crippen molar-refractivity contribution in [1.82, 2.24) is 10.2 Å². The predicted molar refractivity (Wildman–Crippen MR) is 83.7 cm³/mol. The number of nitrogens with one attached hydrogen (secondary N) is 1. The molecule has 0 atom stereocenters. The highest BCUT2D eigenvalue weighted by Crippen LogP contribution is 2.16. The average Bonchev–Trinajstić information content (AvgIpc) is 2.44. The summed E-state index contributed by atoms with van der Waals surface area (Å²) in [5.74, 6) is 2.45. The zero-order chi connectivity index (χ0) is 14.8. The predicted octanol–water partition coefficient (Wildman–Crippen LogP) is 2.25. The van der Waals surface area contributed by atoms with Crippen LogP contribution in [-0.4, -0.2) is 51.8 Å². The average molecular weight is 280 g/mol. The van der Waals surface area contributed by atoms with Crippen molar-refractivity contribution in [1.29, 1.82) is 0 Å². The van der Waals surface area contributed by atoms with Crippen molar-refractivity contribution >= 4 is 0 Å². The van der Waals surface area contributed by atoms with E-state index in [2.05, 4.69) is 31.1 Å². The van der Waals surface area contributed by atoms with E-state index in [1.165, 1.54) is 0 Å². The summed E-state index contributed by atoms with van der Waals surface area (Å²) in [6, 6.07) is 7.69. The third kappa shape index (κ3) is 7.36. The van der Waals surface area contributed by atoms with E-state index in [0.717, 1.165) is 37.7 Å². The molecule has 4 heteroatoms. The Bertz CT molecular complexity index is 352. The lowest BCUT2D eigenvalue weighted by Crippen LogP contribution is -2.33. The van der Waals surface area contributed by atoms with Crippen LogP contribution in [0.25, 0.3) is 0 Å². The molecule has 1 rings (SSSR count). The minimum Gasteiger partial charge on any atom is -0.497 e. The normalized spacial score (nSPS) is 11.1. The van der Waals surface area contributed by atoms with Crippen molar-refractivity contribution in [3.63, 3.8) is 0 Å². The lowest BCUT2D eigenvalue weighted by molar-refractivity contribution is 0.237. The summed E-state index contributed by atoms with van der Waals surface area (Å²) in [7, 11) is 3.78. The number of benzene rings is 1. The first kappa shape index (κ1) is 16.8. The van der Waals surface area contributed by atoms with Crippen molar-refractivity contribution in [3.8, 4) is 11.5 Å². The Hall–Kier alpha value is -1.26. The zero-order valence-electron chi connectivity index (χ0n) is 13.2. The summed E-state index contributed by atoms with van der Waals surface area (Å²) in [5.41, 5.74) is 0. The molecule has 0 unspecified atom stereocenters. The van der Waals surface area contributed by atoms with Gasteiger partial charge >= 0.3 is 0 Å². The number of methoxy groups -OCH3 is 1. The highest BCUT2D eigenvalue weighted by atomic mass is 16.5. The Labute approximate surface area is 123 Å². The van der Waals surface area contributed by atoms with Gasteiger partial charge in [-0.2, -0.15) is 0 Å². The van der Waals surface area contributed by atoms with Crippen molar-refractivity contribution in [2.45, 2.75) is 13.8 Å². The molecule has 1 aromatic carbocycles. The third-order valence-corrected chi connectivity index (χ3v) is 3.02. The number of nitrogens with zero attached hydrogens (tertiary/aromatic N) is 1. The lowest BCUT2D eigenvalue weighted by atomic mass is 10.2. The molecule has 0 fully saturated rings. The maximum Gasteiger partial charge on any atom is 0.119 e. The van der Waals surface area contributed by atoms with Crippen LogP contribution in [0.1, 0.15) is 13.8 Å². The van der Waals surface area contributed by atoms with Gasteiger partial charge in [-0.25, -0.2) is 0 Å². The number of likely N-dealkylation sites (N-methyl/N-ethyl adjacent to an activating group) is 1. The molecule has 4 nitrogen and oxygen atoms in total. The smallest absolute Gasteiger partial charge is 0.119 e. The summed E-state index contributed by atoms with van der Waals surface area (Å²) < 4.78 is 10.8. The van der Waals surface area contributed by atoms with E-state index in [1.54, 1.807) is 7.11 Å². The van der Waals surface area contributed by atoms with Crippen LogP contribution in [-0.2, 0) is 0 Å². The molecule has 0 aliphatic carbocycles. The molecule has 0 radical (unpaired) electrons. The molecule has 1 N–H and O–H groups in total. The van der Waals surface area contributed by atoms with Gasteiger partial charge in [-0.3, -0.25) is 0 Å². The fourth-order valence-corrected chi connectivity index (χ4v) is 1.76. The van der Waals surface area contributed by atoms with E-state index in [0.29, 0.717) is 12.5 Å². The summed E-state index contributed by atoms with van der Waals surface area (Å²) in [6.45, 7) is 9.22. The molecule has 1 aromatic rings. The molecule has 0 amide bonds. The minimum atomic E-state index is 0.701. The van der Waals surface area contributed by atoms with E-state index in [9.17, 15) is 0 Å². The van der Waals surface area contributed by atoms with Crippen molar-refractivity contribution in [2.75, 3.05) is 46.9 Å². The lowest BCUT2D eigenvalue weighted by Gasteiger charge is -2.17. The molecule has 0 spiro atoms. The standard InChI is InChI=1S/C16H28N2O2/c1-14(2)13-17-9-10-18(3)11-12-20-16-7-5-15(19-4)6-8-16/h5-8,14,17H,9-13H2,1-4H3. The fourth-order valence-electron chi connectivity index (χ4n) is 1.76. The molecule has 0 aromatic heterocycles. The quantitative estimate of drug-likeness (QED) is 0.667. The number of hydrogen-bond acceptors (Lipinski definition) is 4. The van der Waals surface area contributed by atoms with Crippen LogP contribution in [0.5, 0.6) is 11.5 Å². The van der Waals surface area contributed by atoms with Gasteiger partial charge in [-0.05, 0) is 43.8 Å². The number of ether oxygens (including phenoxy) is 2. The summed E-state index contributed by atoms with van der Waals surface area (Å²) in [4.78, 5) is 2.27. The van der Waals surface area contributed by atoms with Gasteiger partial charge in [0.1, 0.15) is 18.1 Å². The van der Waals surface area contributed by atoms with Crippen LogP contribution in [0.3, 0.4) is 0 Å². The number of hydrogen-bond donors (Lipinski definition) is 1. The van der Waals surface area contributed by atoms with Gasteiger partial charge in [0.05, 0.1) is 7.11 Å². The topological polar surface area (TPSA) is 33.7 Å². The van der Waals surface area contributed by atoms with Gasteiger partial charge in [0, 0.05) is 19.6 Å². The molecule has 0 aliphatic heterocycles. The summed E-state index contributed by atoms with van der Waals surface area (Å²) in [6.07, 6.45) is 0. The first-order chi connectivity index (χ1) is 9.61. The monoisotopic (exact) mass is 280 g/mol. The molecule has 20 heavy (non-hydrogen) atoms.